The lowest BCUT2D eigenvalue weighted by atomic mass is 9.98. The van der Waals surface area contributed by atoms with Crippen molar-refractivity contribution in [2.24, 2.45) is 5.92 Å². The van der Waals surface area contributed by atoms with Gasteiger partial charge in [0.2, 0.25) is 0 Å². The molecule has 0 saturated heterocycles. The maximum atomic E-state index is 11.3. The van der Waals surface area contributed by atoms with E-state index in [2.05, 4.69) is 17.4 Å². The minimum Gasteiger partial charge on any atom is -0.480 e. The fourth-order valence-electron chi connectivity index (χ4n) is 2.29. The average Bonchev–Trinajstić information content (AvgIpc) is 2.35. The van der Waals surface area contributed by atoms with Crippen LogP contribution in [-0.2, 0) is 10.5 Å². The van der Waals surface area contributed by atoms with Crippen molar-refractivity contribution in [3.05, 3.63) is 35.4 Å². The highest BCUT2D eigenvalue weighted by molar-refractivity contribution is 7.98. The predicted molar refractivity (Wildman–Crippen MR) is 74.7 cm³/mol. The third kappa shape index (κ3) is 2.87. The van der Waals surface area contributed by atoms with Gasteiger partial charge < -0.3 is 5.11 Å². The smallest absolute Gasteiger partial charge is 0.320 e. The fraction of sp³-hybridized carbons (Fsp3) is 0.500. The zero-order valence-electron chi connectivity index (χ0n) is 10.7. The van der Waals surface area contributed by atoms with Crippen molar-refractivity contribution < 1.29 is 9.90 Å². The van der Waals surface area contributed by atoms with Crippen LogP contribution in [0.1, 0.15) is 31.0 Å². The highest BCUT2D eigenvalue weighted by Crippen LogP contribution is 2.32. The first kappa shape index (κ1) is 13.4. The molecule has 2 N–H and O–H groups in total. The first-order valence-corrected chi connectivity index (χ1v) is 7.39. The Morgan fingerprint density at radius 3 is 2.83 bits per heavy atom. The molecule has 0 radical (unpaired) electrons. The Hall–Kier alpha value is -1.00. The maximum Gasteiger partial charge on any atom is 0.320 e. The Kier molecular flexibility index (Phi) is 4.30. The van der Waals surface area contributed by atoms with Crippen LogP contribution in [0.5, 0.6) is 0 Å². The van der Waals surface area contributed by atoms with Gasteiger partial charge in [0.15, 0.2) is 0 Å². The van der Waals surface area contributed by atoms with Crippen LogP contribution in [0, 0.1) is 5.92 Å². The number of rotatable bonds is 4. The van der Waals surface area contributed by atoms with E-state index in [-0.39, 0.29) is 12.0 Å². The van der Waals surface area contributed by atoms with Crippen LogP contribution >= 0.6 is 11.8 Å². The molecule has 0 saturated carbocycles. The molecule has 0 aliphatic carbocycles. The number of thioether (sulfide) groups is 1. The van der Waals surface area contributed by atoms with Gasteiger partial charge in [-0.3, -0.25) is 10.1 Å². The van der Waals surface area contributed by atoms with Crippen molar-refractivity contribution in [2.45, 2.75) is 31.7 Å². The highest BCUT2D eigenvalue weighted by Gasteiger charge is 2.28. The number of hydrogen-bond acceptors (Lipinski definition) is 3. The largest absolute Gasteiger partial charge is 0.480 e. The van der Waals surface area contributed by atoms with Gasteiger partial charge >= 0.3 is 5.97 Å². The molecule has 3 nitrogen and oxygen atoms in total. The normalized spacial score (nSPS) is 20.5. The number of benzene rings is 1. The third-order valence-electron chi connectivity index (χ3n) is 3.29. The van der Waals surface area contributed by atoms with Crippen LogP contribution in [0.4, 0.5) is 0 Å². The molecule has 2 unspecified atom stereocenters. The summed E-state index contributed by atoms with van der Waals surface area (Å²) in [4.78, 5) is 11.3. The molecule has 18 heavy (non-hydrogen) atoms. The second kappa shape index (κ2) is 5.76. The number of carboxylic acid groups (broad SMARTS) is 1. The van der Waals surface area contributed by atoms with Crippen molar-refractivity contribution in [2.75, 3.05) is 5.75 Å². The zero-order chi connectivity index (χ0) is 13.1. The van der Waals surface area contributed by atoms with Crippen LogP contribution in [0.2, 0.25) is 0 Å². The van der Waals surface area contributed by atoms with E-state index >= 15 is 0 Å². The van der Waals surface area contributed by atoms with Gasteiger partial charge in [-0.1, -0.05) is 38.1 Å². The molecule has 0 bridgehead atoms. The fourth-order valence-corrected chi connectivity index (χ4v) is 3.40. The van der Waals surface area contributed by atoms with Gasteiger partial charge in [-0.25, -0.2) is 0 Å². The van der Waals surface area contributed by atoms with Gasteiger partial charge in [-0.2, -0.15) is 11.8 Å². The van der Waals surface area contributed by atoms with Crippen LogP contribution in [0.25, 0.3) is 0 Å². The van der Waals surface area contributed by atoms with Gasteiger partial charge in [0, 0.05) is 17.5 Å². The number of fused-ring (bicyclic) bond motifs is 1. The Morgan fingerprint density at radius 2 is 2.17 bits per heavy atom. The van der Waals surface area contributed by atoms with Gasteiger partial charge in [0.1, 0.15) is 6.04 Å². The molecule has 1 heterocycles. The molecule has 0 spiro atoms. The Labute approximate surface area is 112 Å². The number of carbonyl (C=O) groups is 1. The van der Waals surface area contributed by atoms with E-state index in [4.69, 9.17) is 0 Å². The third-order valence-corrected chi connectivity index (χ3v) is 4.37. The van der Waals surface area contributed by atoms with Gasteiger partial charge in [-0.15, -0.1) is 0 Å². The van der Waals surface area contributed by atoms with Gasteiger partial charge in [0.05, 0.1) is 0 Å². The molecule has 4 heteroatoms. The predicted octanol–water partition coefficient (Wildman–Crippen LogP) is 2.67. The van der Waals surface area contributed by atoms with E-state index in [9.17, 15) is 9.90 Å². The van der Waals surface area contributed by atoms with Crippen LogP contribution in [-0.4, -0.2) is 22.9 Å². The first-order valence-electron chi connectivity index (χ1n) is 6.24. The van der Waals surface area contributed by atoms with Crippen molar-refractivity contribution in [1.29, 1.82) is 0 Å². The SMILES string of the molecule is CC(C)C(NC1CSCc2ccccc21)C(=O)O. The van der Waals surface area contributed by atoms with Crippen molar-refractivity contribution >= 4 is 17.7 Å². The highest BCUT2D eigenvalue weighted by atomic mass is 32.2. The lowest BCUT2D eigenvalue weighted by molar-refractivity contribution is -0.140. The summed E-state index contributed by atoms with van der Waals surface area (Å²) < 4.78 is 0. The van der Waals surface area contributed by atoms with Crippen LogP contribution < -0.4 is 5.32 Å². The minimum atomic E-state index is -0.766. The lowest BCUT2D eigenvalue weighted by Crippen LogP contribution is -2.44. The number of hydrogen-bond donors (Lipinski definition) is 2. The molecular weight excluding hydrogens is 246 g/mol. The summed E-state index contributed by atoms with van der Waals surface area (Å²) in [5, 5.41) is 12.5. The summed E-state index contributed by atoms with van der Waals surface area (Å²) in [5.74, 6) is 1.28. The summed E-state index contributed by atoms with van der Waals surface area (Å²) in [6, 6.07) is 7.95. The van der Waals surface area contributed by atoms with Crippen molar-refractivity contribution in [3.8, 4) is 0 Å². The zero-order valence-corrected chi connectivity index (χ0v) is 11.5. The molecule has 1 aromatic rings. The molecule has 1 aliphatic heterocycles. The number of aliphatic carboxylic acids is 1. The van der Waals surface area contributed by atoms with E-state index in [1.165, 1.54) is 11.1 Å². The minimum absolute atomic E-state index is 0.0848. The topological polar surface area (TPSA) is 49.3 Å². The maximum absolute atomic E-state index is 11.3. The van der Waals surface area contributed by atoms with E-state index in [1.807, 2.05) is 37.7 Å². The Morgan fingerprint density at radius 1 is 1.44 bits per heavy atom. The molecule has 0 fully saturated rings. The summed E-state index contributed by atoms with van der Waals surface area (Å²) in [5.41, 5.74) is 2.57. The van der Waals surface area contributed by atoms with Gasteiger partial charge in [-0.05, 0) is 17.0 Å². The second-order valence-electron chi connectivity index (χ2n) is 4.99. The number of carboxylic acids is 1. The van der Waals surface area contributed by atoms with Crippen molar-refractivity contribution in [1.82, 2.24) is 5.32 Å². The summed E-state index contributed by atoms with van der Waals surface area (Å²) >= 11 is 1.86. The molecule has 1 aromatic carbocycles. The van der Waals surface area contributed by atoms with Crippen molar-refractivity contribution in [3.63, 3.8) is 0 Å². The molecule has 1 aliphatic rings. The van der Waals surface area contributed by atoms with Crippen LogP contribution in [0.15, 0.2) is 24.3 Å². The standard InChI is InChI=1S/C14H19NO2S/c1-9(2)13(14(16)17)15-12-8-18-7-10-5-3-4-6-11(10)12/h3-6,9,12-13,15H,7-8H2,1-2H3,(H,16,17). The molecule has 2 atom stereocenters. The average molecular weight is 265 g/mol. The summed E-state index contributed by atoms with van der Waals surface area (Å²) in [6.07, 6.45) is 0. The Bertz CT molecular complexity index is 434. The van der Waals surface area contributed by atoms with E-state index < -0.39 is 12.0 Å². The van der Waals surface area contributed by atoms with Gasteiger partial charge in [0.25, 0.3) is 0 Å². The summed E-state index contributed by atoms with van der Waals surface area (Å²) in [6.45, 7) is 3.88. The monoisotopic (exact) mass is 265 g/mol. The van der Waals surface area contributed by atoms with E-state index in [0.29, 0.717) is 0 Å². The number of nitrogens with one attached hydrogen (secondary N) is 1. The first-order chi connectivity index (χ1) is 8.59. The molecule has 0 amide bonds. The lowest BCUT2D eigenvalue weighted by Gasteiger charge is -2.30. The molecule has 0 aromatic heterocycles. The summed E-state index contributed by atoms with van der Waals surface area (Å²) in [7, 11) is 0. The quantitative estimate of drug-likeness (QED) is 0.879. The Balaban J connectivity index is 2.18. The second-order valence-corrected chi connectivity index (χ2v) is 6.02. The van der Waals surface area contributed by atoms with Crippen LogP contribution in [0.3, 0.4) is 0 Å². The van der Waals surface area contributed by atoms with E-state index in [1.54, 1.807) is 0 Å². The molecule has 2 rings (SSSR count). The van der Waals surface area contributed by atoms with E-state index in [0.717, 1.165) is 11.5 Å². The molecule has 98 valence electrons. The molecular formula is C14H19NO2S.